The van der Waals surface area contributed by atoms with E-state index in [2.05, 4.69) is 26.7 Å². The molecule has 3 rings (SSSR count). The smallest absolute Gasteiger partial charge is 0.278 e. The average molecular weight is 418 g/mol. The third-order valence-corrected chi connectivity index (χ3v) is 4.84. The van der Waals surface area contributed by atoms with Crippen LogP contribution in [0.3, 0.4) is 0 Å². The van der Waals surface area contributed by atoms with Crippen LogP contribution in [0.2, 0.25) is 0 Å². The normalized spacial score (nSPS) is 12.8. The predicted octanol–water partition coefficient (Wildman–Crippen LogP) is 3.44. The molecule has 0 aliphatic heterocycles. The van der Waals surface area contributed by atoms with Gasteiger partial charge in [-0.15, -0.1) is 11.3 Å². The summed E-state index contributed by atoms with van der Waals surface area (Å²) >= 11 is 6.86. The minimum Gasteiger partial charge on any atom is -0.292 e. The minimum absolute atomic E-state index is 0.247. The molecule has 142 valence electrons. The molecule has 7 nitrogen and oxygen atoms in total. The van der Waals surface area contributed by atoms with Crippen molar-refractivity contribution in [1.82, 2.24) is 15.0 Å². The summed E-state index contributed by atoms with van der Waals surface area (Å²) in [6.45, 7) is 3.22. The van der Waals surface area contributed by atoms with E-state index in [9.17, 15) is 14.0 Å². The lowest BCUT2D eigenvalue weighted by Crippen LogP contribution is -2.41. The molecular formula is C18H13ClFN5O2S. The quantitative estimate of drug-likeness (QED) is 0.453. The molecule has 2 amide bonds. The lowest BCUT2D eigenvalue weighted by molar-refractivity contribution is -0.125. The van der Waals surface area contributed by atoms with Gasteiger partial charge >= 0.3 is 0 Å². The van der Waals surface area contributed by atoms with E-state index in [0.29, 0.717) is 0 Å². The Bertz CT molecular complexity index is 967. The van der Waals surface area contributed by atoms with Gasteiger partial charge in [0.1, 0.15) is 12.4 Å². The number of nitrogens with zero attached hydrogens (tertiary/aromatic N) is 5. The zero-order valence-electron chi connectivity index (χ0n) is 14.3. The Labute approximate surface area is 168 Å². The van der Waals surface area contributed by atoms with Gasteiger partial charge in [-0.25, -0.2) is 19.4 Å². The molecule has 0 aliphatic carbocycles. The van der Waals surface area contributed by atoms with E-state index in [1.165, 1.54) is 30.1 Å². The van der Waals surface area contributed by atoms with E-state index in [-0.39, 0.29) is 11.3 Å². The molecule has 0 aliphatic rings. The number of benzene rings is 1. The standard InChI is InChI=1S/C18H13ClFN5O2S/c1-21-17(26)15(12-6-22-9-23-7-12)25(18(27)16(19)20)13-4-2-11(3-5-13)14-8-24-10-28-14/h2-10,15-16H,1H2/t15-,16-/m0/s1. The predicted molar refractivity (Wildman–Crippen MR) is 105 cm³/mol. The highest BCUT2D eigenvalue weighted by atomic mass is 35.5. The maximum atomic E-state index is 13.8. The van der Waals surface area contributed by atoms with E-state index >= 15 is 0 Å². The van der Waals surface area contributed by atoms with Crippen LogP contribution in [0.1, 0.15) is 11.6 Å². The molecule has 28 heavy (non-hydrogen) atoms. The number of carbonyl (C=O) groups is 2. The fraction of sp³-hybridized carbons (Fsp3) is 0.111. The fourth-order valence-electron chi connectivity index (χ4n) is 2.59. The van der Waals surface area contributed by atoms with Crippen molar-refractivity contribution in [3.8, 4) is 10.4 Å². The lowest BCUT2D eigenvalue weighted by Gasteiger charge is -2.29. The Kier molecular flexibility index (Phi) is 6.17. The van der Waals surface area contributed by atoms with E-state index in [0.717, 1.165) is 15.3 Å². The SMILES string of the molecule is C=NC(=O)[C@H](c1cncnc1)N(C(=O)[C@H](F)Cl)c1ccc(-c2cncs2)cc1. The summed E-state index contributed by atoms with van der Waals surface area (Å²) in [5.74, 6) is -1.88. The summed E-state index contributed by atoms with van der Waals surface area (Å²) in [4.78, 5) is 42.0. The van der Waals surface area contributed by atoms with Crippen molar-refractivity contribution in [3.63, 3.8) is 0 Å². The third kappa shape index (κ3) is 4.10. The van der Waals surface area contributed by atoms with Crippen molar-refractivity contribution in [2.75, 3.05) is 4.90 Å². The molecule has 10 heteroatoms. The zero-order valence-corrected chi connectivity index (χ0v) is 15.8. The zero-order chi connectivity index (χ0) is 20.1. The number of aromatic nitrogens is 3. The van der Waals surface area contributed by atoms with Crippen LogP contribution in [-0.2, 0) is 9.59 Å². The highest BCUT2D eigenvalue weighted by molar-refractivity contribution is 7.13. The Morgan fingerprint density at radius 3 is 2.36 bits per heavy atom. The molecule has 2 atom stereocenters. The van der Waals surface area contributed by atoms with E-state index in [1.54, 1.807) is 36.0 Å². The number of amides is 2. The van der Waals surface area contributed by atoms with E-state index < -0.39 is 23.5 Å². The summed E-state index contributed by atoms with van der Waals surface area (Å²) in [6, 6.07) is 5.32. The number of carbonyl (C=O) groups excluding carboxylic acids is 2. The number of halogens is 2. The number of rotatable bonds is 6. The Morgan fingerprint density at radius 2 is 1.82 bits per heavy atom. The van der Waals surface area contributed by atoms with Gasteiger partial charge in [-0.05, 0) is 24.4 Å². The van der Waals surface area contributed by atoms with Gasteiger partial charge in [-0.1, -0.05) is 23.7 Å². The number of hydrogen-bond donors (Lipinski definition) is 0. The minimum atomic E-state index is -2.36. The van der Waals surface area contributed by atoms with Gasteiger partial charge in [0.05, 0.1) is 10.4 Å². The molecule has 0 unspecified atom stereocenters. The number of hydrogen-bond acceptors (Lipinski definition) is 6. The first-order chi connectivity index (χ1) is 13.5. The first-order valence-electron chi connectivity index (χ1n) is 7.88. The molecule has 2 heterocycles. The van der Waals surface area contributed by atoms with Crippen LogP contribution in [0.4, 0.5) is 10.1 Å². The van der Waals surface area contributed by atoms with Crippen molar-refractivity contribution in [2.45, 2.75) is 11.7 Å². The van der Waals surface area contributed by atoms with Gasteiger partial charge < -0.3 is 0 Å². The second-order valence-corrected chi connectivity index (χ2v) is 6.76. The Balaban J connectivity index is 2.08. The van der Waals surface area contributed by atoms with Crippen molar-refractivity contribution in [3.05, 3.63) is 60.3 Å². The van der Waals surface area contributed by atoms with Gasteiger partial charge in [0, 0.05) is 29.8 Å². The van der Waals surface area contributed by atoms with Crippen molar-refractivity contribution in [1.29, 1.82) is 0 Å². The van der Waals surface area contributed by atoms with Crippen LogP contribution < -0.4 is 4.90 Å². The fourth-order valence-corrected chi connectivity index (χ4v) is 3.33. The van der Waals surface area contributed by atoms with Gasteiger partial charge in [-0.3, -0.25) is 19.5 Å². The van der Waals surface area contributed by atoms with Gasteiger partial charge in [0.15, 0.2) is 0 Å². The second-order valence-electron chi connectivity index (χ2n) is 5.49. The highest BCUT2D eigenvalue weighted by Crippen LogP contribution is 2.32. The molecule has 0 saturated carbocycles. The molecule has 0 radical (unpaired) electrons. The highest BCUT2D eigenvalue weighted by Gasteiger charge is 2.35. The molecule has 0 bridgehead atoms. The van der Waals surface area contributed by atoms with Gasteiger partial charge in [0.25, 0.3) is 17.4 Å². The van der Waals surface area contributed by atoms with Gasteiger partial charge in [-0.2, -0.15) is 0 Å². The van der Waals surface area contributed by atoms with Crippen LogP contribution in [-0.4, -0.2) is 39.1 Å². The summed E-state index contributed by atoms with van der Waals surface area (Å²) in [6.07, 6.45) is 5.65. The summed E-state index contributed by atoms with van der Waals surface area (Å²) in [7, 11) is 0. The topological polar surface area (TPSA) is 88.4 Å². The molecule has 0 N–H and O–H groups in total. The largest absolute Gasteiger partial charge is 0.292 e. The number of aliphatic imine (C=N–C) groups is 1. The Morgan fingerprint density at radius 1 is 1.14 bits per heavy atom. The summed E-state index contributed by atoms with van der Waals surface area (Å²) in [5, 5.41) is 0. The molecule has 0 spiro atoms. The first kappa shape index (κ1) is 19.7. The maximum absolute atomic E-state index is 13.8. The molecule has 0 saturated heterocycles. The first-order valence-corrected chi connectivity index (χ1v) is 9.20. The van der Waals surface area contributed by atoms with Crippen LogP contribution >= 0.6 is 22.9 Å². The number of alkyl halides is 2. The monoisotopic (exact) mass is 417 g/mol. The number of thiazole rings is 1. The van der Waals surface area contributed by atoms with Crippen LogP contribution in [0, 0.1) is 0 Å². The van der Waals surface area contributed by atoms with E-state index in [1.807, 2.05) is 0 Å². The van der Waals surface area contributed by atoms with Crippen molar-refractivity contribution < 1.29 is 14.0 Å². The lowest BCUT2D eigenvalue weighted by atomic mass is 10.1. The van der Waals surface area contributed by atoms with E-state index in [4.69, 9.17) is 11.6 Å². The molecule has 1 aromatic carbocycles. The maximum Gasteiger partial charge on any atom is 0.278 e. The van der Waals surface area contributed by atoms with Crippen LogP contribution in [0.25, 0.3) is 10.4 Å². The Hall–Kier alpha value is -3.04. The third-order valence-electron chi connectivity index (χ3n) is 3.83. The second kappa shape index (κ2) is 8.77. The van der Waals surface area contributed by atoms with Crippen molar-refractivity contribution in [2.24, 2.45) is 4.99 Å². The average Bonchev–Trinajstić information content (AvgIpc) is 3.26. The summed E-state index contributed by atoms with van der Waals surface area (Å²) in [5.41, 5.74) is 0.699. The molecule has 3 aromatic rings. The number of anilines is 1. The molecule has 2 aromatic heterocycles. The van der Waals surface area contributed by atoms with Crippen LogP contribution in [0.5, 0.6) is 0 Å². The van der Waals surface area contributed by atoms with Crippen LogP contribution in [0.15, 0.2) is 59.7 Å². The molecular weight excluding hydrogens is 405 g/mol. The molecule has 0 fully saturated rings. The summed E-state index contributed by atoms with van der Waals surface area (Å²) < 4.78 is 13.8. The van der Waals surface area contributed by atoms with Gasteiger partial charge in [0.2, 0.25) is 0 Å². The van der Waals surface area contributed by atoms with Crippen molar-refractivity contribution >= 4 is 47.2 Å².